The highest BCUT2D eigenvalue weighted by Gasteiger charge is 2.19. The Hall–Kier alpha value is -1.39. The first-order valence-corrected chi connectivity index (χ1v) is 5.73. The third-order valence-corrected chi connectivity index (χ3v) is 3.12. The van der Waals surface area contributed by atoms with Gasteiger partial charge in [0.2, 0.25) is 0 Å². The number of imidazole rings is 1. The predicted octanol–water partition coefficient (Wildman–Crippen LogP) is 1.10. The number of hydrogen-bond donors (Lipinski definition) is 2. The highest BCUT2D eigenvalue weighted by molar-refractivity contribution is 5.74. The molecule has 1 aromatic carbocycles. The number of fused-ring (bicyclic) bond motifs is 1. The first kappa shape index (κ1) is 9.81. The SMILES string of the molecule is N[C@@H]1CCN(Cc2nc3ccccc3[nH]2)C1. The summed E-state index contributed by atoms with van der Waals surface area (Å²) in [6.07, 6.45) is 1.10. The van der Waals surface area contributed by atoms with Crippen LogP contribution in [-0.4, -0.2) is 34.0 Å². The molecule has 3 N–H and O–H groups in total. The largest absolute Gasteiger partial charge is 0.341 e. The molecule has 2 heterocycles. The number of nitrogens with one attached hydrogen (secondary N) is 1. The lowest BCUT2D eigenvalue weighted by Crippen LogP contribution is -2.26. The summed E-state index contributed by atoms with van der Waals surface area (Å²) in [4.78, 5) is 10.3. The van der Waals surface area contributed by atoms with Crippen LogP contribution in [0.4, 0.5) is 0 Å². The minimum atomic E-state index is 0.337. The number of likely N-dealkylation sites (tertiary alicyclic amines) is 1. The minimum Gasteiger partial charge on any atom is -0.341 e. The zero-order valence-corrected chi connectivity index (χ0v) is 9.19. The van der Waals surface area contributed by atoms with E-state index < -0.39 is 0 Å². The van der Waals surface area contributed by atoms with Crippen molar-refractivity contribution >= 4 is 11.0 Å². The van der Waals surface area contributed by atoms with Gasteiger partial charge in [0.15, 0.2) is 0 Å². The number of rotatable bonds is 2. The van der Waals surface area contributed by atoms with Crippen LogP contribution >= 0.6 is 0 Å². The van der Waals surface area contributed by atoms with Gasteiger partial charge in [-0.15, -0.1) is 0 Å². The molecular formula is C12H16N4. The molecule has 3 rings (SSSR count). The first-order chi connectivity index (χ1) is 7.81. The average Bonchev–Trinajstić information content (AvgIpc) is 2.84. The van der Waals surface area contributed by atoms with Gasteiger partial charge in [0.05, 0.1) is 17.6 Å². The Balaban J connectivity index is 1.79. The van der Waals surface area contributed by atoms with Crippen molar-refractivity contribution in [2.75, 3.05) is 13.1 Å². The number of aromatic amines is 1. The highest BCUT2D eigenvalue weighted by atomic mass is 15.2. The van der Waals surface area contributed by atoms with E-state index in [1.54, 1.807) is 0 Å². The second-order valence-electron chi connectivity index (χ2n) is 4.48. The molecule has 1 fully saturated rings. The molecule has 1 aromatic heterocycles. The van der Waals surface area contributed by atoms with Crippen molar-refractivity contribution in [2.24, 2.45) is 5.73 Å². The Morgan fingerprint density at radius 1 is 1.44 bits per heavy atom. The minimum absolute atomic E-state index is 0.337. The van der Waals surface area contributed by atoms with Crippen molar-refractivity contribution in [3.8, 4) is 0 Å². The summed E-state index contributed by atoms with van der Waals surface area (Å²) in [5.74, 6) is 1.04. The predicted molar refractivity (Wildman–Crippen MR) is 64.0 cm³/mol. The van der Waals surface area contributed by atoms with Crippen LogP contribution in [0.5, 0.6) is 0 Å². The van der Waals surface area contributed by atoms with E-state index in [-0.39, 0.29) is 0 Å². The third-order valence-electron chi connectivity index (χ3n) is 3.12. The van der Waals surface area contributed by atoms with Gasteiger partial charge >= 0.3 is 0 Å². The van der Waals surface area contributed by atoms with Gasteiger partial charge in [-0.05, 0) is 18.6 Å². The Bertz CT molecular complexity index is 457. The molecule has 0 saturated carbocycles. The average molecular weight is 216 g/mol. The molecule has 0 aliphatic carbocycles. The van der Waals surface area contributed by atoms with E-state index in [0.717, 1.165) is 42.9 Å². The lowest BCUT2D eigenvalue weighted by Gasteiger charge is -2.12. The van der Waals surface area contributed by atoms with Gasteiger partial charge in [-0.2, -0.15) is 0 Å². The fourth-order valence-electron chi connectivity index (χ4n) is 2.30. The molecule has 1 aliphatic heterocycles. The molecule has 0 bridgehead atoms. The smallest absolute Gasteiger partial charge is 0.121 e. The second-order valence-corrected chi connectivity index (χ2v) is 4.48. The van der Waals surface area contributed by atoms with Gasteiger partial charge in [0.25, 0.3) is 0 Å². The number of nitrogens with two attached hydrogens (primary N) is 1. The molecule has 4 heteroatoms. The molecule has 0 unspecified atom stereocenters. The topological polar surface area (TPSA) is 57.9 Å². The zero-order chi connectivity index (χ0) is 11.0. The van der Waals surface area contributed by atoms with Crippen molar-refractivity contribution in [3.63, 3.8) is 0 Å². The van der Waals surface area contributed by atoms with Crippen molar-refractivity contribution in [2.45, 2.75) is 19.0 Å². The number of hydrogen-bond acceptors (Lipinski definition) is 3. The monoisotopic (exact) mass is 216 g/mol. The Labute approximate surface area is 94.5 Å². The maximum absolute atomic E-state index is 5.88. The summed E-state index contributed by atoms with van der Waals surface area (Å²) in [6, 6.07) is 8.46. The summed E-state index contributed by atoms with van der Waals surface area (Å²) < 4.78 is 0. The first-order valence-electron chi connectivity index (χ1n) is 5.73. The summed E-state index contributed by atoms with van der Waals surface area (Å²) in [5, 5.41) is 0. The van der Waals surface area contributed by atoms with Crippen molar-refractivity contribution < 1.29 is 0 Å². The quantitative estimate of drug-likeness (QED) is 0.790. The van der Waals surface area contributed by atoms with Crippen molar-refractivity contribution in [1.29, 1.82) is 0 Å². The van der Waals surface area contributed by atoms with Crippen LogP contribution in [-0.2, 0) is 6.54 Å². The van der Waals surface area contributed by atoms with Crippen LogP contribution in [0.15, 0.2) is 24.3 Å². The van der Waals surface area contributed by atoms with E-state index >= 15 is 0 Å². The summed E-state index contributed by atoms with van der Waals surface area (Å²) >= 11 is 0. The van der Waals surface area contributed by atoms with Gasteiger partial charge in [-0.3, -0.25) is 4.90 Å². The molecule has 1 atom stereocenters. The third kappa shape index (κ3) is 1.81. The van der Waals surface area contributed by atoms with E-state index in [2.05, 4.69) is 20.9 Å². The standard InChI is InChI=1S/C12H16N4/c13-9-5-6-16(7-9)8-12-14-10-3-1-2-4-11(10)15-12/h1-4,9H,5-8,13H2,(H,14,15)/t9-/m1/s1. The lowest BCUT2D eigenvalue weighted by molar-refractivity contribution is 0.319. The van der Waals surface area contributed by atoms with Crippen LogP contribution in [0.25, 0.3) is 11.0 Å². The van der Waals surface area contributed by atoms with E-state index in [4.69, 9.17) is 5.73 Å². The van der Waals surface area contributed by atoms with Crippen LogP contribution < -0.4 is 5.73 Å². The van der Waals surface area contributed by atoms with Crippen LogP contribution in [0.1, 0.15) is 12.2 Å². The molecule has 2 aromatic rings. The second kappa shape index (κ2) is 3.88. The van der Waals surface area contributed by atoms with Gasteiger partial charge in [0.1, 0.15) is 5.82 Å². The van der Waals surface area contributed by atoms with Gasteiger partial charge in [0, 0.05) is 19.1 Å². The van der Waals surface area contributed by atoms with Crippen LogP contribution in [0.3, 0.4) is 0 Å². The summed E-state index contributed by atoms with van der Waals surface area (Å²) in [5.41, 5.74) is 8.04. The fraction of sp³-hybridized carbons (Fsp3) is 0.417. The normalized spacial score (nSPS) is 21.9. The molecule has 0 amide bonds. The number of aromatic nitrogens is 2. The summed E-state index contributed by atoms with van der Waals surface area (Å²) in [6.45, 7) is 2.94. The Morgan fingerprint density at radius 2 is 2.31 bits per heavy atom. The lowest BCUT2D eigenvalue weighted by atomic mass is 10.3. The van der Waals surface area contributed by atoms with Crippen molar-refractivity contribution in [1.82, 2.24) is 14.9 Å². The molecule has 1 saturated heterocycles. The molecular weight excluding hydrogens is 200 g/mol. The van der Waals surface area contributed by atoms with Crippen molar-refractivity contribution in [3.05, 3.63) is 30.1 Å². The number of H-pyrrole nitrogens is 1. The fourth-order valence-corrected chi connectivity index (χ4v) is 2.30. The van der Waals surface area contributed by atoms with Gasteiger partial charge in [-0.25, -0.2) is 4.98 Å². The maximum atomic E-state index is 5.88. The van der Waals surface area contributed by atoms with E-state index in [9.17, 15) is 0 Å². The Kier molecular flexibility index (Phi) is 2.38. The van der Waals surface area contributed by atoms with Gasteiger partial charge in [-0.1, -0.05) is 12.1 Å². The molecule has 16 heavy (non-hydrogen) atoms. The zero-order valence-electron chi connectivity index (χ0n) is 9.19. The highest BCUT2D eigenvalue weighted by Crippen LogP contribution is 2.14. The van der Waals surface area contributed by atoms with Gasteiger partial charge < -0.3 is 10.7 Å². The Morgan fingerprint density at radius 3 is 3.06 bits per heavy atom. The van der Waals surface area contributed by atoms with Crippen LogP contribution in [0.2, 0.25) is 0 Å². The maximum Gasteiger partial charge on any atom is 0.121 e. The number of benzene rings is 1. The molecule has 4 nitrogen and oxygen atoms in total. The molecule has 0 spiro atoms. The molecule has 84 valence electrons. The van der Waals surface area contributed by atoms with E-state index in [1.165, 1.54) is 0 Å². The van der Waals surface area contributed by atoms with E-state index in [0.29, 0.717) is 6.04 Å². The van der Waals surface area contributed by atoms with E-state index in [1.807, 2.05) is 18.2 Å². The molecule has 1 aliphatic rings. The van der Waals surface area contributed by atoms with Crippen LogP contribution in [0, 0.1) is 0 Å². The number of para-hydroxylation sites is 2. The number of nitrogens with zero attached hydrogens (tertiary/aromatic N) is 2. The molecule has 0 radical (unpaired) electrons. The summed E-state index contributed by atoms with van der Waals surface area (Å²) in [7, 11) is 0.